The Morgan fingerprint density at radius 2 is 2.32 bits per heavy atom. The van der Waals surface area contributed by atoms with Crippen molar-refractivity contribution in [2.75, 3.05) is 0 Å². The Hall–Kier alpha value is -2.11. The van der Waals surface area contributed by atoms with Gasteiger partial charge in [-0.25, -0.2) is 4.98 Å². The molecule has 6 heteroatoms. The number of carbonyl (C=O) groups excluding carboxylic acids is 1. The highest BCUT2D eigenvalue weighted by Gasteiger charge is 2.21. The second-order valence-electron chi connectivity index (χ2n) is 4.98. The first-order valence-electron chi connectivity index (χ1n) is 6.36. The van der Waals surface area contributed by atoms with Crippen LogP contribution in [0.5, 0.6) is 0 Å². The summed E-state index contributed by atoms with van der Waals surface area (Å²) in [5.74, 6) is 1.10. The molecule has 102 valence electrons. The average molecular weight is 261 g/mol. The van der Waals surface area contributed by atoms with Gasteiger partial charge in [0.25, 0.3) is 5.91 Å². The SMILES string of the molecule is CC(C)C[C@@H](NC(=O)c1ccc[nH]1)c1ncnn1C. The van der Waals surface area contributed by atoms with E-state index in [1.54, 1.807) is 23.0 Å². The first-order valence-corrected chi connectivity index (χ1v) is 6.36. The fourth-order valence-corrected chi connectivity index (χ4v) is 2.03. The molecule has 0 radical (unpaired) electrons. The summed E-state index contributed by atoms with van der Waals surface area (Å²) in [6.45, 7) is 4.23. The Labute approximate surface area is 112 Å². The molecule has 0 aliphatic carbocycles. The number of hydrogen-bond acceptors (Lipinski definition) is 3. The Morgan fingerprint density at radius 3 is 2.84 bits per heavy atom. The van der Waals surface area contributed by atoms with Crippen LogP contribution in [0.2, 0.25) is 0 Å². The van der Waals surface area contributed by atoms with Crippen molar-refractivity contribution in [3.8, 4) is 0 Å². The summed E-state index contributed by atoms with van der Waals surface area (Å²) in [4.78, 5) is 19.2. The van der Waals surface area contributed by atoms with Crippen LogP contribution in [0, 0.1) is 5.92 Å². The number of nitrogens with one attached hydrogen (secondary N) is 2. The number of aromatic nitrogens is 4. The molecule has 19 heavy (non-hydrogen) atoms. The molecule has 0 spiro atoms. The summed E-state index contributed by atoms with van der Waals surface area (Å²) in [5, 5.41) is 7.06. The Bertz CT molecular complexity index is 529. The monoisotopic (exact) mass is 261 g/mol. The largest absolute Gasteiger partial charge is 0.357 e. The van der Waals surface area contributed by atoms with Crippen molar-refractivity contribution in [3.63, 3.8) is 0 Å². The van der Waals surface area contributed by atoms with E-state index in [4.69, 9.17) is 0 Å². The predicted octanol–water partition coefficient (Wildman–Crippen LogP) is 1.66. The zero-order valence-electron chi connectivity index (χ0n) is 11.4. The minimum absolute atomic E-state index is 0.126. The van der Waals surface area contributed by atoms with Gasteiger partial charge in [-0.05, 0) is 24.5 Å². The molecule has 2 rings (SSSR count). The first-order chi connectivity index (χ1) is 9.08. The number of aryl methyl sites for hydroxylation is 1. The van der Waals surface area contributed by atoms with Crippen molar-refractivity contribution < 1.29 is 4.79 Å². The van der Waals surface area contributed by atoms with Gasteiger partial charge in [0, 0.05) is 13.2 Å². The van der Waals surface area contributed by atoms with Crippen LogP contribution in [0.25, 0.3) is 0 Å². The number of nitrogens with zero attached hydrogens (tertiary/aromatic N) is 3. The Balaban J connectivity index is 2.15. The highest BCUT2D eigenvalue weighted by molar-refractivity contribution is 5.92. The number of amides is 1. The third-order valence-electron chi connectivity index (χ3n) is 2.91. The lowest BCUT2D eigenvalue weighted by atomic mass is 10.0. The predicted molar refractivity (Wildman–Crippen MR) is 71.5 cm³/mol. The van der Waals surface area contributed by atoms with E-state index in [2.05, 4.69) is 34.2 Å². The fraction of sp³-hybridized carbons (Fsp3) is 0.462. The fourth-order valence-electron chi connectivity index (χ4n) is 2.03. The van der Waals surface area contributed by atoms with Gasteiger partial charge >= 0.3 is 0 Å². The highest BCUT2D eigenvalue weighted by Crippen LogP contribution is 2.19. The maximum atomic E-state index is 12.1. The van der Waals surface area contributed by atoms with Crippen LogP contribution in [0.3, 0.4) is 0 Å². The highest BCUT2D eigenvalue weighted by atomic mass is 16.1. The van der Waals surface area contributed by atoms with Gasteiger partial charge in [0.1, 0.15) is 17.8 Å². The van der Waals surface area contributed by atoms with Crippen LogP contribution in [0.15, 0.2) is 24.7 Å². The van der Waals surface area contributed by atoms with Crippen LogP contribution in [0.1, 0.15) is 42.6 Å². The van der Waals surface area contributed by atoms with Crippen LogP contribution in [-0.2, 0) is 7.05 Å². The number of hydrogen-bond donors (Lipinski definition) is 2. The van der Waals surface area contributed by atoms with E-state index in [0.29, 0.717) is 11.6 Å². The molecule has 0 saturated carbocycles. The second-order valence-corrected chi connectivity index (χ2v) is 4.98. The van der Waals surface area contributed by atoms with E-state index in [9.17, 15) is 4.79 Å². The Morgan fingerprint density at radius 1 is 1.53 bits per heavy atom. The summed E-state index contributed by atoms with van der Waals surface area (Å²) >= 11 is 0. The van der Waals surface area contributed by atoms with E-state index >= 15 is 0 Å². The lowest BCUT2D eigenvalue weighted by molar-refractivity contribution is 0.0924. The summed E-state index contributed by atoms with van der Waals surface area (Å²) < 4.78 is 1.70. The van der Waals surface area contributed by atoms with Gasteiger partial charge in [0.2, 0.25) is 0 Å². The standard InChI is InChI=1S/C13H19N5O/c1-9(2)7-11(12-15-8-16-18(12)3)17-13(19)10-5-4-6-14-10/h4-6,8-9,11,14H,7H2,1-3H3,(H,17,19)/t11-/m1/s1. The van der Waals surface area contributed by atoms with Gasteiger partial charge < -0.3 is 10.3 Å². The maximum Gasteiger partial charge on any atom is 0.268 e. The summed E-state index contributed by atoms with van der Waals surface area (Å²) in [5.41, 5.74) is 0.552. The molecule has 2 heterocycles. The van der Waals surface area contributed by atoms with Gasteiger partial charge in [-0.1, -0.05) is 13.8 Å². The van der Waals surface area contributed by atoms with Crippen molar-refractivity contribution in [2.45, 2.75) is 26.3 Å². The first kappa shape index (κ1) is 13.3. The van der Waals surface area contributed by atoms with Gasteiger partial charge in [-0.15, -0.1) is 0 Å². The van der Waals surface area contributed by atoms with Crippen molar-refractivity contribution in [2.24, 2.45) is 13.0 Å². The molecule has 2 aromatic rings. The molecular formula is C13H19N5O. The molecule has 0 saturated heterocycles. The molecular weight excluding hydrogens is 242 g/mol. The molecule has 1 amide bonds. The van der Waals surface area contributed by atoms with Crippen LogP contribution < -0.4 is 5.32 Å². The average Bonchev–Trinajstić information content (AvgIpc) is 2.97. The summed E-state index contributed by atoms with van der Waals surface area (Å²) in [7, 11) is 1.83. The minimum Gasteiger partial charge on any atom is -0.357 e. The summed E-state index contributed by atoms with van der Waals surface area (Å²) in [6, 6.07) is 3.41. The van der Waals surface area contributed by atoms with Crippen molar-refractivity contribution >= 4 is 5.91 Å². The van der Waals surface area contributed by atoms with Crippen molar-refractivity contribution in [1.29, 1.82) is 0 Å². The molecule has 0 fully saturated rings. The van der Waals surface area contributed by atoms with Gasteiger partial charge in [0.05, 0.1) is 6.04 Å². The number of aromatic amines is 1. The molecule has 0 bridgehead atoms. The number of H-pyrrole nitrogens is 1. The zero-order valence-corrected chi connectivity index (χ0v) is 11.4. The molecule has 1 atom stereocenters. The third-order valence-corrected chi connectivity index (χ3v) is 2.91. The molecule has 0 unspecified atom stereocenters. The van der Waals surface area contributed by atoms with E-state index in [0.717, 1.165) is 12.2 Å². The molecule has 0 aliphatic rings. The minimum atomic E-state index is -0.136. The molecule has 0 aromatic carbocycles. The van der Waals surface area contributed by atoms with Crippen LogP contribution in [-0.4, -0.2) is 25.7 Å². The molecule has 2 N–H and O–H groups in total. The normalized spacial score (nSPS) is 12.6. The topological polar surface area (TPSA) is 75.6 Å². The third kappa shape index (κ3) is 3.21. The van der Waals surface area contributed by atoms with Crippen molar-refractivity contribution in [3.05, 3.63) is 36.2 Å². The van der Waals surface area contributed by atoms with Crippen molar-refractivity contribution in [1.82, 2.24) is 25.1 Å². The second kappa shape index (κ2) is 5.69. The van der Waals surface area contributed by atoms with E-state index in [1.165, 1.54) is 6.33 Å². The molecule has 2 aromatic heterocycles. The lowest BCUT2D eigenvalue weighted by Gasteiger charge is -2.19. The van der Waals surface area contributed by atoms with E-state index in [1.807, 2.05) is 7.05 Å². The van der Waals surface area contributed by atoms with Crippen LogP contribution in [0.4, 0.5) is 0 Å². The number of rotatable bonds is 5. The quantitative estimate of drug-likeness (QED) is 0.859. The molecule has 0 aliphatic heterocycles. The summed E-state index contributed by atoms with van der Waals surface area (Å²) in [6.07, 6.45) is 4.05. The van der Waals surface area contributed by atoms with Gasteiger partial charge in [0.15, 0.2) is 0 Å². The van der Waals surface area contributed by atoms with Crippen LogP contribution >= 0.6 is 0 Å². The molecule has 6 nitrogen and oxygen atoms in total. The lowest BCUT2D eigenvalue weighted by Crippen LogP contribution is -2.31. The van der Waals surface area contributed by atoms with E-state index < -0.39 is 0 Å². The maximum absolute atomic E-state index is 12.1. The van der Waals surface area contributed by atoms with E-state index in [-0.39, 0.29) is 11.9 Å². The number of carbonyl (C=O) groups is 1. The smallest absolute Gasteiger partial charge is 0.268 e. The van der Waals surface area contributed by atoms with Gasteiger partial charge in [-0.3, -0.25) is 9.48 Å². The zero-order chi connectivity index (χ0) is 13.8. The Kier molecular flexibility index (Phi) is 3.99. The van der Waals surface area contributed by atoms with Gasteiger partial charge in [-0.2, -0.15) is 5.10 Å².